The van der Waals surface area contributed by atoms with Crippen molar-refractivity contribution in [1.29, 1.82) is 0 Å². The number of carbonyl (C=O) groups is 1. The van der Waals surface area contributed by atoms with E-state index in [0.29, 0.717) is 0 Å². The Morgan fingerprint density at radius 3 is 0.875 bits per heavy atom. The molecule has 6 N–H and O–H groups in total. The smallest absolute Gasteiger partial charge is 0.450 e. The molecule has 52 valence electrons. The predicted molar refractivity (Wildman–Crippen MR) is 21.2 cm³/mol. The van der Waals surface area contributed by atoms with Crippen LogP contribution in [-0.4, -0.2) is 37.4 Å². The number of rotatable bonds is 0. The van der Waals surface area contributed by atoms with Gasteiger partial charge in [-0.25, -0.2) is 4.79 Å². The van der Waals surface area contributed by atoms with Gasteiger partial charge in [-0.15, -0.1) is 0 Å². The normalized spacial score (nSPS) is 4.50. The second-order valence-electron chi connectivity index (χ2n) is 0.283. The number of hydrogen-bond donors (Lipinski definition) is 6. The first kappa shape index (κ1) is 15.7. The Morgan fingerprint density at radius 1 is 0.875 bits per heavy atom. The molecule has 0 aliphatic carbocycles. The molecular weight excluding hydrogens is 124 g/mol. The van der Waals surface area contributed by atoms with Crippen molar-refractivity contribution in [3.63, 3.8) is 0 Å². The molecule has 0 unspecified atom stereocenters. The number of carboxylic acid groups (broad SMARTS) is 2. The van der Waals surface area contributed by atoms with Crippen LogP contribution in [-0.2, 0) is 0 Å². The Kier molecular flexibility index (Phi) is 70.4. The van der Waals surface area contributed by atoms with Crippen LogP contribution in [0.25, 0.3) is 0 Å². The van der Waals surface area contributed by atoms with Crippen molar-refractivity contribution in [3.05, 3.63) is 0 Å². The molecule has 0 fully saturated rings. The highest BCUT2D eigenvalue weighted by atomic mass is 17.0. The molecule has 0 amide bonds. The highest BCUT2D eigenvalue weighted by Gasteiger charge is 1.70. The quantitative estimate of drug-likeness (QED) is 0.204. The van der Waals surface area contributed by atoms with E-state index < -0.39 is 6.16 Å². The molecular formula is CH6O7. The lowest BCUT2D eigenvalue weighted by Crippen LogP contribution is -1.81. The third kappa shape index (κ3) is 109. The van der Waals surface area contributed by atoms with Gasteiger partial charge in [-0.2, -0.15) is 0 Å². The van der Waals surface area contributed by atoms with Gasteiger partial charge in [0, 0.05) is 0 Å². The summed E-state index contributed by atoms with van der Waals surface area (Å²) < 4.78 is 0. The average Bonchev–Trinajstić information content (AvgIpc) is 1.75. The first-order valence-corrected chi connectivity index (χ1v) is 1.05. The minimum atomic E-state index is -1.83. The summed E-state index contributed by atoms with van der Waals surface area (Å²) in [5.74, 6) is 0. The van der Waals surface area contributed by atoms with Crippen LogP contribution in [0.15, 0.2) is 0 Å². The van der Waals surface area contributed by atoms with Crippen molar-refractivity contribution >= 4 is 6.16 Å². The van der Waals surface area contributed by atoms with Crippen LogP contribution in [0.4, 0.5) is 4.79 Å². The van der Waals surface area contributed by atoms with Gasteiger partial charge >= 0.3 is 6.16 Å². The summed E-state index contributed by atoms with van der Waals surface area (Å²) >= 11 is 0. The lowest BCUT2D eigenvalue weighted by Gasteiger charge is -1.60. The van der Waals surface area contributed by atoms with E-state index in [1.807, 2.05) is 0 Å². The van der Waals surface area contributed by atoms with Gasteiger partial charge in [0.25, 0.3) is 0 Å². The third-order valence-electron chi connectivity index (χ3n) is 0. The number of hydrogen-bond acceptors (Lipinski definition) is 5. The van der Waals surface area contributed by atoms with Gasteiger partial charge in [-0.3, -0.25) is 21.0 Å². The lowest BCUT2D eigenvalue weighted by atomic mass is 11.5. The maximum absolute atomic E-state index is 8.56. The van der Waals surface area contributed by atoms with Crippen LogP contribution in [0.1, 0.15) is 0 Å². The SMILES string of the molecule is O=C(O)O.OO.OO. The molecule has 8 heavy (non-hydrogen) atoms. The van der Waals surface area contributed by atoms with E-state index in [0.717, 1.165) is 0 Å². The van der Waals surface area contributed by atoms with E-state index in [4.69, 9.17) is 36.0 Å². The molecule has 0 bridgehead atoms. The Labute approximate surface area is 43.5 Å². The van der Waals surface area contributed by atoms with E-state index in [1.165, 1.54) is 0 Å². The minimum absolute atomic E-state index is 1.83. The summed E-state index contributed by atoms with van der Waals surface area (Å²) in [6, 6.07) is 0. The third-order valence-corrected chi connectivity index (χ3v) is 0. The van der Waals surface area contributed by atoms with Gasteiger partial charge < -0.3 is 10.2 Å². The molecule has 0 heterocycles. The Morgan fingerprint density at radius 2 is 0.875 bits per heavy atom. The van der Waals surface area contributed by atoms with Crippen molar-refractivity contribution in [2.75, 3.05) is 0 Å². The first-order valence-electron chi connectivity index (χ1n) is 1.05. The van der Waals surface area contributed by atoms with Gasteiger partial charge in [-0.1, -0.05) is 0 Å². The fourth-order valence-electron chi connectivity index (χ4n) is 0. The van der Waals surface area contributed by atoms with Crippen LogP contribution in [0.3, 0.4) is 0 Å². The molecule has 0 aromatic carbocycles. The van der Waals surface area contributed by atoms with E-state index >= 15 is 0 Å². The van der Waals surface area contributed by atoms with E-state index in [1.54, 1.807) is 0 Å². The average molecular weight is 130 g/mol. The van der Waals surface area contributed by atoms with Crippen LogP contribution in [0.5, 0.6) is 0 Å². The fourth-order valence-corrected chi connectivity index (χ4v) is 0. The zero-order valence-corrected chi connectivity index (χ0v) is 3.59. The summed E-state index contributed by atoms with van der Waals surface area (Å²) in [5, 5.41) is 37.9. The molecule has 0 atom stereocenters. The molecule has 0 aromatic heterocycles. The second kappa shape index (κ2) is 35.8. The van der Waals surface area contributed by atoms with Gasteiger partial charge in [0.05, 0.1) is 0 Å². The standard InChI is InChI=1S/CH2O3.2H2O2/c2-1(3)4;2*1-2/h(H2,2,3,4);2*1-2H. The van der Waals surface area contributed by atoms with Crippen LogP contribution in [0, 0.1) is 0 Å². The summed E-state index contributed by atoms with van der Waals surface area (Å²) in [7, 11) is 0. The van der Waals surface area contributed by atoms with E-state index in [2.05, 4.69) is 0 Å². The lowest BCUT2D eigenvalue weighted by molar-refractivity contribution is -0.176. The first-order chi connectivity index (χ1) is 3.73. The highest BCUT2D eigenvalue weighted by molar-refractivity contribution is 5.53. The Bertz CT molecular complexity index is 27.4. The monoisotopic (exact) mass is 130 g/mol. The Hall–Kier alpha value is -0.890. The maximum atomic E-state index is 8.56. The van der Waals surface area contributed by atoms with Crippen molar-refractivity contribution in [1.82, 2.24) is 0 Å². The summed E-state index contributed by atoms with van der Waals surface area (Å²) in [6.07, 6.45) is -1.83. The van der Waals surface area contributed by atoms with Crippen molar-refractivity contribution in [2.45, 2.75) is 0 Å². The zero-order valence-electron chi connectivity index (χ0n) is 3.59. The molecule has 0 aliphatic rings. The highest BCUT2D eigenvalue weighted by Crippen LogP contribution is 1.42. The van der Waals surface area contributed by atoms with Crippen molar-refractivity contribution in [3.8, 4) is 0 Å². The molecule has 0 aromatic rings. The molecule has 0 rings (SSSR count). The summed E-state index contributed by atoms with van der Waals surface area (Å²) in [6.45, 7) is 0. The Balaban J connectivity index is -0.0000000542. The van der Waals surface area contributed by atoms with Gasteiger partial charge in [0.15, 0.2) is 0 Å². The van der Waals surface area contributed by atoms with Gasteiger partial charge in [0.1, 0.15) is 0 Å². The van der Waals surface area contributed by atoms with Gasteiger partial charge in [0.2, 0.25) is 0 Å². The fraction of sp³-hybridized carbons (Fsp3) is 0. The molecule has 7 heteroatoms. The molecule has 0 spiro atoms. The molecule has 0 saturated heterocycles. The molecule has 0 aliphatic heterocycles. The summed E-state index contributed by atoms with van der Waals surface area (Å²) in [4.78, 5) is 8.56. The van der Waals surface area contributed by atoms with Crippen LogP contribution in [0.2, 0.25) is 0 Å². The van der Waals surface area contributed by atoms with Crippen molar-refractivity contribution in [2.24, 2.45) is 0 Å². The largest absolute Gasteiger partial charge is 0.503 e. The van der Waals surface area contributed by atoms with Gasteiger partial charge in [-0.05, 0) is 0 Å². The molecule has 7 nitrogen and oxygen atoms in total. The topological polar surface area (TPSA) is 138 Å². The van der Waals surface area contributed by atoms with E-state index in [9.17, 15) is 0 Å². The zero-order chi connectivity index (χ0) is 7.58. The van der Waals surface area contributed by atoms with Crippen LogP contribution < -0.4 is 0 Å². The minimum Gasteiger partial charge on any atom is -0.450 e. The second-order valence-corrected chi connectivity index (χ2v) is 0.283. The maximum Gasteiger partial charge on any atom is 0.503 e. The van der Waals surface area contributed by atoms with E-state index in [-0.39, 0.29) is 0 Å². The molecule has 0 saturated carbocycles. The predicted octanol–water partition coefficient (Wildman–Crippen LogP) is 0.257. The molecule has 0 radical (unpaired) electrons. The van der Waals surface area contributed by atoms with Crippen molar-refractivity contribution < 1.29 is 36.0 Å². The van der Waals surface area contributed by atoms with Crippen LogP contribution >= 0.6 is 0 Å². The summed E-state index contributed by atoms with van der Waals surface area (Å²) in [5.41, 5.74) is 0.